The maximum absolute atomic E-state index is 11.7. The number of rotatable bonds is 7. The van der Waals surface area contributed by atoms with Gasteiger partial charge in [0, 0.05) is 6.42 Å². The molecule has 0 aliphatic rings. The minimum atomic E-state index is -1.00. The van der Waals surface area contributed by atoms with Gasteiger partial charge in [-0.25, -0.2) is 4.79 Å². The Hall–Kier alpha value is -1.26. The van der Waals surface area contributed by atoms with Crippen LogP contribution in [-0.2, 0) is 16.0 Å². The van der Waals surface area contributed by atoms with Crippen LogP contribution in [0.25, 0.3) is 0 Å². The molecule has 0 saturated heterocycles. The van der Waals surface area contributed by atoms with Crippen molar-refractivity contribution in [2.24, 2.45) is 0 Å². The first-order chi connectivity index (χ1) is 9.43. The third-order valence-corrected chi connectivity index (χ3v) is 3.57. The van der Waals surface area contributed by atoms with Gasteiger partial charge in [0.25, 0.3) is 0 Å². The maximum atomic E-state index is 11.7. The van der Waals surface area contributed by atoms with Crippen molar-refractivity contribution in [3.8, 4) is 0 Å². The lowest BCUT2D eigenvalue weighted by molar-refractivity contribution is -0.142. The van der Waals surface area contributed by atoms with Gasteiger partial charge in [0.1, 0.15) is 6.04 Å². The first-order valence-corrected chi connectivity index (χ1v) is 7.15. The van der Waals surface area contributed by atoms with Gasteiger partial charge in [-0.2, -0.15) is 0 Å². The molecule has 0 aliphatic carbocycles. The van der Waals surface area contributed by atoms with Crippen molar-refractivity contribution in [2.45, 2.75) is 38.6 Å². The van der Waals surface area contributed by atoms with Crippen molar-refractivity contribution in [1.29, 1.82) is 0 Å². The van der Waals surface area contributed by atoms with E-state index in [1.165, 1.54) is 0 Å². The second-order valence-electron chi connectivity index (χ2n) is 4.50. The van der Waals surface area contributed by atoms with E-state index < -0.39 is 12.0 Å². The van der Waals surface area contributed by atoms with E-state index in [-0.39, 0.29) is 12.3 Å². The van der Waals surface area contributed by atoms with Crippen LogP contribution in [0.3, 0.4) is 0 Å². The van der Waals surface area contributed by atoms with E-state index in [4.69, 9.17) is 28.3 Å². The number of hydrogen-bond donors (Lipinski definition) is 2. The molecule has 0 radical (unpaired) electrons. The van der Waals surface area contributed by atoms with Crippen molar-refractivity contribution < 1.29 is 14.7 Å². The van der Waals surface area contributed by atoms with E-state index in [0.29, 0.717) is 29.3 Å². The lowest BCUT2D eigenvalue weighted by Gasteiger charge is -2.13. The molecule has 4 nitrogen and oxygen atoms in total. The molecule has 0 saturated carbocycles. The Kier molecular flexibility index (Phi) is 6.82. The number of carbonyl (C=O) groups excluding carboxylic acids is 1. The number of carboxylic acids is 1. The first kappa shape index (κ1) is 16.8. The number of nitrogens with one attached hydrogen (secondary N) is 1. The summed E-state index contributed by atoms with van der Waals surface area (Å²) < 4.78 is 0. The van der Waals surface area contributed by atoms with Gasteiger partial charge in [0.2, 0.25) is 5.91 Å². The number of carboxylic acid groups (broad SMARTS) is 1. The predicted octanol–water partition coefficient (Wildman–Crippen LogP) is 3.30. The van der Waals surface area contributed by atoms with Crippen LogP contribution >= 0.6 is 23.2 Å². The molecular formula is C14H17Cl2NO3. The minimum absolute atomic E-state index is 0.214. The highest BCUT2D eigenvalue weighted by Gasteiger charge is 2.18. The average Bonchev–Trinajstić information content (AvgIpc) is 2.39. The van der Waals surface area contributed by atoms with Gasteiger partial charge >= 0.3 is 5.97 Å². The molecule has 1 amide bonds. The fraction of sp³-hybridized carbons (Fsp3) is 0.429. The van der Waals surface area contributed by atoms with Crippen LogP contribution in [0.2, 0.25) is 10.0 Å². The quantitative estimate of drug-likeness (QED) is 0.810. The maximum Gasteiger partial charge on any atom is 0.326 e. The lowest BCUT2D eigenvalue weighted by Crippen LogP contribution is -2.40. The van der Waals surface area contributed by atoms with Gasteiger partial charge in [0.05, 0.1) is 10.0 Å². The Labute approximate surface area is 128 Å². The minimum Gasteiger partial charge on any atom is -0.480 e. The summed E-state index contributed by atoms with van der Waals surface area (Å²) in [6, 6.07) is 4.36. The van der Waals surface area contributed by atoms with Crippen LogP contribution in [0.4, 0.5) is 0 Å². The van der Waals surface area contributed by atoms with E-state index in [2.05, 4.69) is 5.32 Å². The summed E-state index contributed by atoms with van der Waals surface area (Å²) in [4.78, 5) is 22.7. The highest BCUT2D eigenvalue weighted by Crippen LogP contribution is 2.23. The second kappa shape index (κ2) is 8.12. The summed E-state index contributed by atoms with van der Waals surface area (Å²) >= 11 is 11.7. The molecule has 0 bridgehead atoms. The molecule has 0 aliphatic heterocycles. The molecule has 6 heteroatoms. The average molecular weight is 318 g/mol. The Morgan fingerprint density at radius 2 is 2.00 bits per heavy atom. The van der Waals surface area contributed by atoms with E-state index in [1.807, 2.05) is 6.92 Å². The van der Waals surface area contributed by atoms with Crippen LogP contribution in [0, 0.1) is 0 Å². The summed E-state index contributed by atoms with van der Waals surface area (Å²) in [6.07, 6.45) is 1.82. The second-order valence-corrected chi connectivity index (χ2v) is 5.31. The van der Waals surface area contributed by atoms with Gasteiger partial charge < -0.3 is 10.4 Å². The number of amides is 1. The molecule has 0 aromatic heterocycles. The molecular weight excluding hydrogens is 301 g/mol. The molecule has 1 atom stereocenters. The third-order valence-electron chi connectivity index (χ3n) is 2.84. The summed E-state index contributed by atoms with van der Waals surface area (Å²) in [6.45, 7) is 1.87. The number of aliphatic carboxylic acids is 1. The molecule has 0 fully saturated rings. The SMILES string of the molecule is CCCC(NC(=O)CCc1ccc(Cl)c(Cl)c1)C(=O)O. The zero-order chi connectivity index (χ0) is 15.1. The highest BCUT2D eigenvalue weighted by atomic mass is 35.5. The smallest absolute Gasteiger partial charge is 0.326 e. The zero-order valence-corrected chi connectivity index (χ0v) is 12.7. The van der Waals surface area contributed by atoms with E-state index in [0.717, 1.165) is 5.56 Å². The Balaban J connectivity index is 2.50. The first-order valence-electron chi connectivity index (χ1n) is 6.40. The summed E-state index contributed by atoms with van der Waals surface area (Å²) in [7, 11) is 0. The van der Waals surface area contributed by atoms with E-state index >= 15 is 0 Å². The van der Waals surface area contributed by atoms with Crippen LogP contribution < -0.4 is 5.32 Å². The number of hydrogen-bond acceptors (Lipinski definition) is 2. The van der Waals surface area contributed by atoms with Crippen LogP contribution in [-0.4, -0.2) is 23.0 Å². The van der Waals surface area contributed by atoms with Crippen molar-refractivity contribution in [1.82, 2.24) is 5.32 Å². The van der Waals surface area contributed by atoms with Crippen LogP contribution in [0.15, 0.2) is 18.2 Å². The third kappa shape index (κ3) is 5.39. The molecule has 1 rings (SSSR count). The van der Waals surface area contributed by atoms with Gasteiger partial charge in [-0.3, -0.25) is 4.79 Å². The standard InChI is InChI=1S/C14H17Cl2NO3/c1-2-3-12(14(19)20)17-13(18)7-5-9-4-6-10(15)11(16)8-9/h4,6,8,12H,2-3,5,7H2,1H3,(H,17,18)(H,19,20). The molecule has 0 heterocycles. The van der Waals surface area contributed by atoms with Gasteiger partial charge in [-0.05, 0) is 30.5 Å². The monoisotopic (exact) mass is 317 g/mol. The van der Waals surface area contributed by atoms with Crippen molar-refractivity contribution >= 4 is 35.1 Å². The number of halogens is 2. The largest absolute Gasteiger partial charge is 0.480 e. The Morgan fingerprint density at radius 3 is 2.55 bits per heavy atom. The number of aryl methyl sites for hydroxylation is 1. The highest BCUT2D eigenvalue weighted by molar-refractivity contribution is 6.42. The Bertz CT molecular complexity index is 491. The van der Waals surface area contributed by atoms with Gasteiger partial charge in [-0.15, -0.1) is 0 Å². The molecule has 1 unspecified atom stereocenters. The van der Waals surface area contributed by atoms with Gasteiger partial charge in [-0.1, -0.05) is 42.6 Å². The summed E-state index contributed by atoms with van der Waals surface area (Å²) in [5.41, 5.74) is 0.886. The lowest BCUT2D eigenvalue weighted by atomic mass is 10.1. The topological polar surface area (TPSA) is 66.4 Å². The van der Waals surface area contributed by atoms with E-state index in [1.54, 1.807) is 18.2 Å². The zero-order valence-electron chi connectivity index (χ0n) is 11.2. The van der Waals surface area contributed by atoms with Gasteiger partial charge in [0.15, 0.2) is 0 Å². The fourth-order valence-electron chi connectivity index (χ4n) is 1.77. The van der Waals surface area contributed by atoms with E-state index in [9.17, 15) is 9.59 Å². The summed E-state index contributed by atoms with van der Waals surface area (Å²) in [5.74, 6) is -1.29. The molecule has 1 aromatic rings. The molecule has 2 N–H and O–H groups in total. The molecule has 0 spiro atoms. The normalized spacial score (nSPS) is 11.9. The fourth-order valence-corrected chi connectivity index (χ4v) is 2.09. The molecule has 1 aromatic carbocycles. The number of benzene rings is 1. The predicted molar refractivity (Wildman–Crippen MR) is 79.3 cm³/mol. The Morgan fingerprint density at radius 1 is 1.30 bits per heavy atom. The van der Waals surface area contributed by atoms with Crippen LogP contribution in [0.1, 0.15) is 31.7 Å². The van der Waals surface area contributed by atoms with Crippen molar-refractivity contribution in [2.75, 3.05) is 0 Å². The number of carbonyl (C=O) groups is 2. The van der Waals surface area contributed by atoms with Crippen LogP contribution in [0.5, 0.6) is 0 Å². The molecule has 110 valence electrons. The van der Waals surface area contributed by atoms with Crippen molar-refractivity contribution in [3.63, 3.8) is 0 Å². The molecule has 20 heavy (non-hydrogen) atoms. The van der Waals surface area contributed by atoms with Crippen molar-refractivity contribution in [3.05, 3.63) is 33.8 Å². The summed E-state index contributed by atoms with van der Waals surface area (Å²) in [5, 5.41) is 12.4.